The lowest BCUT2D eigenvalue weighted by Crippen LogP contribution is -2.31. The first-order valence-electron chi connectivity index (χ1n) is 4.20. The first-order valence-corrected chi connectivity index (χ1v) is 4.20. The Labute approximate surface area is 68.0 Å². The number of nitrogens with zero attached hydrogens (tertiary/aromatic N) is 1. The van der Waals surface area contributed by atoms with E-state index in [4.69, 9.17) is 4.74 Å². The largest absolute Gasteiger partial charge is 0.392 e. The molecule has 0 spiro atoms. The minimum Gasteiger partial charge on any atom is -0.392 e. The fraction of sp³-hybridized carbons (Fsp3) is 1.00. The molecule has 11 heavy (non-hydrogen) atoms. The molecule has 66 valence electrons. The molecule has 1 saturated heterocycles. The van der Waals surface area contributed by atoms with E-state index in [2.05, 4.69) is 4.90 Å². The highest BCUT2D eigenvalue weighted by molar-refractivity contribution is 4.73. The van der Waals surface area contributed by atoms with E-state index in [1.807, 2.05) is 14.0 Å². The molecule has 0 aromatic carbocycles. The summed E-state index contributed by atoms with van der Waals surface area (Å²) in [5.74, 6) is 0. The molecule has 0 aromatic rings. The van der Waals surface area contributed by atoms with Gasteiger partial charge in [-0.1, -0.05) is 6.92 Å². The monoisotopic (exact) mass is 159 g/mol. The number of hydrogen-bond donors (Lipinski definition) is 1. The summed E-state index contributed by atoms with van der Waals surface area (Å²) >= 11 is 0. The lowest BCUT2D eigenvalue weighted by atomic mass is 10.2. The molecular formula is C8H17NO2. The van der Waals surface area contributed by atoms with E-state index in [1.165, 1.54) is 0 Å². The number of ether oxygens (including phenoxy) is 1. The number of rotatable bonds is 5. The van der Waals surface area contributed by atoms with Crippen LogP contribution in [-0.4, -0.2) is 49.0 Å². The number of hydrogen-bond acceptors (Lipinski definition) is 3. The zero-order valence-electron chi connectivity index (χ0n) is 7.29. The zero-order chi connectivity index (χ0) is 8.27. The third-order valence-electron chi connectivity index (χ3n) is 1.91. The Kier molecular flexibility index (Phi) is 3.30. The summed E-state index contributed by atoms with van der Waals surface area (Å²) in [5, 5.41) is 9.28. The van der Waals surface area contributed by atoms with Crippen molar-refractivity contribution in [1.82, 2.24) is 4.90 Å². The first kappa shape index (κ1) is 8.97. The molecule has 2 atom stereocenters. The van der Waals surface area contributed by atoms with Gasteiger partial charge in [-0.05, 0) is 13.5 Å². The summed E-state index contributed by atoms with van der Waals surface area (Å²) in [6.45, 7) is 4.60. The smallest absolute Gasteiger partial charge is 0.0936 e. The van der Waals surface area contributed by atoms with E-state index in [0.29, 0.717) is 6.10 Å². The molecule has 0 saturated carbocycles. The van der Waals surface area contributed by atoms with Gasteiger partial charge in [0, 0.05) is 13.1 Å². The van der Waals surface area contributed by atoms with Crippen molar-refractivity contribution in [3.63, 3.8) is 0 Å². The molecule has 1 aliphatic heterocycles. The predicted molar refractivity (Wildman–Crippen MR) is 43.5 cm³/mol. The Hall–Kier alpha value is -0.120. The fourth-order valence-corrected chi connectivity index (χ4v) is 1.08. The van der Waals surface area contributed by atoms with Crippen LogP contribution in [0.15, 0.2) is 0 Å². The van der Waals surface area contributed by atoms with Crippen molar-refractivity contribution in [2.75, 3.05) is 26.7 Å². The maximum Gasteiger partial charge on any atom is 0.0936 e. The van der Waals surface area contributed by atoms with Gasteiger partial charge in [0.05, 0.1) is 18.8 Å². The summed E-state index contributed by atoms with van der Waals surface area (Å²) in [4.78, 5) is 2.12. The maximum absolute atomic E-state index is 9.28. The zero-order valence-corrected chi connectivity index (χ0v) is 7.29. The average molecular weight is 159 g/mol. The summed E-state index contributed by atoms with van der Waals surface area (Å²) in [6, 6.07) is 0. The molecule has 1 heterocycles. The van der Waals surface area contributed by atoms with Crippen LogP contribution in [0.4, 0.5) is 0 Å². The normalized spacial score (nSPS) is 25.6. The number of likely N-dealkylation sites (N-methyl/N-ethyl adjacent to an activating group) is 1. The fourth-order valence-electron chi connectivity index (χ4n) is 1.08. The van der Waals surface area contributed by atoms with Gasteiger partial charge in [0.15, 0.2) is 0 Å². The Morgan fingerprint density at radius 1 is 1.73 bits per heavy atom. The molecule has 1 N–H and O–H groups in total. The molecule has 0 amide bonds. The molecule has 1 aliphatic rings. The summed E-state index contributed by atoms with van der Waals surface area (Å²) in [6.07, 6.45) is 1.08. The Morgan fingerprint density at radius 3 is 2.82 bits per heavy atom. The van der Waals surface area contributed by atoms with Gasteiger partial charge in [-0.15, -0.1) is 0 Å². The summed E-state index contributed by atoms with van der Waals surface area (Å²) in [5.41, 5.74) is 0. The van der Waals surface area contributed by atoms with Crippen molar-refractivity contribution in [2.24, 2.45) is 0 Å². The van der Waals surface area contributed by atoms with Crippen molar-refractivity contribution in [3.8, 4) is 0 Å². The second-order valence-electron chi connectivity index (χ2n) is 3.24. The third kappa shape index (κ3) is 3.70. The van der Waals surface area contributed by atoms with Crippen LogP contribution >= 0.6 is 0 Å². The molecule has 0 bridgehead atoms. The second-order valence-corrected chi connectivity index (χ2v) is 3.24. The van der Waals surface area contributed by atoms with Crippen LogP contribution in [0, 0.1) is 0 Å². The van der Waals surface area contributed by atoms with E-state index in [0.717, 1.165) is 26.1 Å². The number of epoxide rings is 1. The van der Waals surface area contributed by atoms with E-state index >= 15 is 0 Å². The van der Waals surface area contributed by atoms with E-state index in [1.54, 1.807) is 0 Å². The minimum atomic E-state index is -0.182. The van der Waals surface area contributed by atoms with E-state index in [9.17, 15) is 5.11 Å². The van der Waals surface area contributed by atoms with Gasteiger partial charge in [-0.3, -0.25) is 0 Å². The summed E-state index contributed by atoms with van der Waals surface area (Å²) < 4.78 is 5.07. The average Bonchev–Trinajstić information content (AvgIpc) is 2.71. The third-order valence-corrected chi connectivity index (χ3v) is 1.91. The Bertz CT molecular complexity index is 115. The molecule has 1 rings (SSSR count). The highest BCUT2D eigenvalue weighted by atomic mass is 16.6. The molecule has 3 heteroatoms. The molecule has 2 unspecified atom stereocenters. The van der Waals surface area contributed by atoms with Crippen molar-refractivity contribution in [2.45, 2.75) is 25.6 Å². The highest BCUT2D eigenvalue weighted by Crippen LogP contribution is 2.09. The van der Waals surface area contributed by atoms with Gasteiger partial charge in [-0.2, -0.15) is 0 Å². The van der Waals surface area contributed by atoms with Crippen LogP contribution in [0.1, 0.15) is 13.3 Å². The van der Waals surface area contributed by atoms with Crippen LogP contribution in [0.2, 0.25) is 0 Å². The molecular weight excluding hydrogens is 142 g/mol. The van der Waals surface area contributed by atoms with Crippen LogP contribution in [0.3, 0.4) is 0 Å². The van der Waals surface area contributed by atoms with Crippen molar-refractivity contribution < 1.29 is 9.84 Å². The van der Waals surface area contributed by atoms with Gasteiger partial charge in [0.25, 0.3) is 0 Å². The first-order chi connectivity index (χ1) is 5.22. The van der Waals surface area contributed by atoms with Gasteiger partial charge >= 0.3 is 0 Å². The van der Waals surface area contributed by atoms with Gasteiger partial charge < -0.3 is 14.7 Å². The molecule has 1 fully saturated rings. The SMILES string of the molecule is CCC(O)CN(C)CC1CO1. The van der Waals surface area contributed by atoms with E-state index in [-0.39, 0.29) is 6.10 Å². The Morgan fingerprint density at radius 2 is 2.36 bits per heavy atom. The van der Waals surface area contributed by atoms with Crippen LogP contribution < -0.4 is 0 Å². The Balaban J connectivity index is 2.03. The predicted octanol–water partition coefficient (Wildman–Crippen LogP) is 0.0879. The highest BCUT2D eigenvalue weighted by Gasteiger charge is 2.24. The van der Waals surface area contributed by atoms with Crippen molar-refractivity contribution >= 4 is 0 Å². The number of aliphatic hydroxyl groups excluding tert-OH is 1. The lowest BCUT2D eigenvalue weighted by molar-refractivity contribution is 0.118. The van der Waals surface area contributed by atoms with Crippen LogP contribution in [0.5, 0.6) is 0 Å². The topological polar surface area (TPSA) is 36.0 Å². The van der Waals surface area contributed by atoms with E-state index < -0.39 is 0 Å². The molecule has 0 aliphatic carbocycles. The van der Waals surface area contributed by atoms with Crippen molar-refractivity contribution in [1.29, 1.82) is 0 Å². The molecule has 0 aromatic heterocycles. The lowest BCUT2D eigenvalue weighted by Gasteiger charge is -2.18. The minimum absolute atomic E-state index is 0.182. The quantitative estimate of drug-likeness (QED) is 0.577. The van der Waals surface area contributed by atoms with Crippen LogP contribution in [0.25, 0.3) is 0 Å². The standard InChI is InChI=1S/C8H17NO2/c1-3-7(10)4-9(2)5-8-6-11-8/h7-8,10H,3-6H2,1-2H3. The second kappa shape index (κ2) is 4.04. The van der Waals surface area contributed by atoms with Gasteiger partial charge in [0.1, 0.15) is 0 Å². The van der Waals surface area contributed by atoms with Crippen LogP contribution in [-0.2, 0) is 4.74 Å². The van der Waals surface area contributed by atoms with Crippen molar-refractivity contribution in [3.05, 3.63) is 0 Å². The van der Waals surface area contributed by atoms with Gasteiger partial charge in [0.2, 0.25) is 0 Å². The molecule has 3 nitrogen and oxygen atoms in total. The summed E-state index contributed by atoms with van der Waals surface area (Å²) in [7, 11) is 2.01. The van der Waals surface area contributed by atoms with Gasteiger partial charge in [-0.25, -0.2) is 0 Å². The molecule has 0 radical (unpaired) electrons. The number of aliphatic hydroxyl groups is 1. The maximum atomic E-state index is 9.28.